The summed E-state index contributed by atoms with van der Waals surface area (Å²) in [4.78, 5) is 8.93. The van der Waals surface area contributed by atoms with E-state index in [4.69, 9.17) is 0 Å². The summed E-state index contributed by atoms with van der Waals surface area (Å²) in [7, 11) is 1.88. The van der Waals surface area contributed by atoms with E-state index in [2.05, 4.69) is 27.5 Å². The molecule has 0 amide bonds. The van der Waals surface area contributed by atoms with E-state index in [0.717, 1.165) is 23.2 Å². The van der Waals surface area contributed by atoms with Gasteiger partial charge in [-0.2, -0.15) is 0 Å². The highest BCUT2D eigenvalue weighted by molar-refractivity contribution is 5.65. The van der Waals surface area contributed by atoms with Crippen LogP contribution in [0, 0.1) is 5.92 Å². The molecule has 1 aliphatic carbocycles. The zero-order valence-corrected chi connectivity index (χ0v) is 10.8. The van der Waals surface area contributed by atoms with Gasteiger partial charge in [0, 0.05) is 25.5 Å². The van der Waals surface area contributed by atoms with Crippen molar-refractivity contribution in [3.63, 3.8) is 0 Å². The van der Waals surface area contributed by atoms with Crippen molar-refractivity contribution in [1.29, 1.82) is 0 Å². The molecule has 2 aromatic rings. The van der Waals surface area contributed by atoms with Crippen LogP contribution in [0.25, 0.3) is 5.65 Å². The molecular formula is C13H19N5. The standard InChI is InChI=1S/C13H19N5/c1-9(10-4-3-5-10)16-12-13-15-6-7-18(13)8-11(14-2)17-12/h6-10,14H,3-5H2,1-2H3,(H,16,17). The van der Waals surface area contributed by atoms with Crippen LogP contribution in [0.1, 0.15) is 26.2 Å². The van der Waals surface area contributed by atoms with Gasteiger partial charge in [0.15, 0.2) is 11.5 Å². The third kappa shape index (κ3) is 1.89. The van der Waals surface area contributed by atoms with Gasteiger partial charge < -0.3 is 15.0 Å². The third-order valence-corrected chi connectivity index (χ3v) is 3.85. The molecule has 0 radical (unpaired) electrons. The zero-order chi connectivity index (χ0) is 12.5. The summed E-state index contributed by atoms with van der Waals surface area (Å²) in [5.41, 5.74) is 0.889. The lowest BCUT2D eigenvalue weighted by molar-refractivity contribution is 0.285. The third-order valence-electron chi connectivity index (χ3n) is 3.85. The number of aromatic nitrogens is 3. The van der Waals surface area contributed by atoms with Crippen molar-refractivity contribution in [3.8, 4) is 0 Å². The highest BCUT2D eigenvalue weighted by Crippen LogP contribution is 2.31. The van der Waals surface area contributed by atoms with Gasteiger partial charge in [0.05, 0.1) is 6.20 Å². The maximum absolute atomic E-state index is 4.57. The summed E-state index contributed by atoms with van der Waals surface area (Å²) in [5, 5.41) is 6.59. The number of hydrogen-bond donors (Lipinski definition) is 2. The van der Waals surface area contributed by atoms with Gasteiger partial charge in [-0.1, -0.05) is 6.42 Å². The number of hydrogen-bond acceptors (Lipinski definition) is 4. The maximum Gasteiger partial charge on any atom is 0.180 e. The maximum atomic E-state index is 4.57. The van der Waals surface area contributed by atoms with Gasteiger partial charge in [-0.25, -0.2) is 9.97 Å². The van der Waals surface area contributed by atoms with Crippen LogP contribution in [0.2, 0.25) is 0 Å². The van der Waals surface area contributed by atoms with Crippen molar-refractivity contribution in [2.45, 2.75) is 32.2 Å². The van der Waals surface area contributed by atoms with E-state index in [1.807, 2.05) is 23.8 Å². The van der Waals surface area contributed by atoms with E-state index in [0.29, 0.717) is 6.04 Å². The molecule has 1 fully saturated rings. The second-order valence-corrected chi connectivity index (χ2v) is 5.01. The van der Waals surface area contributed by atoms with Crippen LogP contribution in [-0.2, 0) is 0 Å². The highest BCUT2D eigenvalue weighted by atomic mass is 15.1. The summed E-state index contributed by atoms with van der Waals surface area (Å²) < 4.78 is 1.99. The number of nitrogens with zero attached hydrogens (tertiary/aromatic N) is 3. The van der Waals surface area contributed by atoms with Crippen LogP contribution in [0.15, 0.2) is 18.6 Å². The normalized spacial score (nSPS) is 17.4. The Balaban J connectivity index is 1.91. The number of rotatable bonds is 4. The Kier molecular flexibility index (Phi) is 2.81. The van der Waals surface area contributed by atoms with Gasteiger partial charge in [-0.3, -0.25) is 0 Å². The van der Waals surface area contributed by atoms with Crippen LogP contribution in [0.4, 0.5) is 11.6 Å². The largest absolute Gasteiger partial charge is 0.372 e. The van der Waals surface area contributed by atoms with Crippen molar-refractivity contribution in [3.05, 3.63) is 18.6 Å². The first-order valence-corrected chi connectivity index (χ1v) is 6.56. The molecule has 96 valence electrons. The van der Waals surface area contributed by atoms with E-state index in [9.17, 15) is 0 Å². The molecule has 5 nitrogen and oxygen atoms in total. The number of nitrogens with one attached hydrogen (secondary N) is 2. The summed E-state index contributed by atoms with van der Waals surface area (Å²) >= 11 is 0. The Labute approximate surface area is 107 Å². The van der Waals surface area contributed by atoms with Crippen molar-refractivity contribution in [2.24, 2.45) is 5.92 Å². The minimum atomic E-state index is 0.457. The van der Waals surface area contributed by atoms with Crippen molar-refractivity contribution < 1.29 is 0 Å². The Morgan fingerprint density at radius 3 is 2.94 bits per heavy atom. The fraction of sp³-hybridized carbons (Fsp3) is 0.538. The molecule has 1 saturated carbocycles. The summed E-state index contributed by atoms with van der Waals surface area (Å²) in [5.74, 6) is 2.50. The van der Waals surface area contributed by atoms with Gasteiger partial charge in [0.2, 0.25) is 0 Å². The molecule has 2 aromatic heterocycles. The monoisotopic (exact) mass is 245 g/mol. The van der Waals surface area contributed by atoms with Crippen LogP contribution in [0.3, 0.4) is 0 Å². The molecule has 0 spiro atoms. The number of fused-ring (bicyclic) bond motifs is 1. The highest BCUT2D eigenvalue weighted by Gasteiger charge is 2.24. The van der Waals surface area contributed by atoms with E-state index in [1.54, 1.807) is 6.20 Å². The predicted molar refractivity (Wildman–Crippen MR) is 73.0 cm³/mol. The van der Waals surface area contributed by atoms with Gasteiger partial charge in [-0.05, 0) is 25.7 Å². The summed E-state index contributed by atoms with van der Waals surface area (Å²) in [6.07, 6.45) is 9.70. The molecule has 1 aliphatic rings. The molecule has 2 N–H and O–H groups in total. The molecular weight excluding hydrogens is 226 g/mol. The average molecular weight is 245 g/mol. The van der Waals surface area contributed by atoms with Crippen LogP contribution in [-0.4, -0.2) is 27.5 Å². The SMILES string of the molecule is CNc1cn2ccnc2c(NC(C)C2CCC2)n1. The Morgan fingerprint density at radius 1 is 1.44 bits per heavy atom. The van der Waals surface area contributed by atoms with Crippen LogP contribution >= 0.6 is 0 Å². The molecule has 18 heavy (non-hydrogen) atoms. The minimum absolute atomic E-state index is 0.457. The average Bonchev–Trinajstić information content (AvgIpc) is 2.74. The van der Waals surface area contributed by atoms with E-state index < -0.39 is 0 Å². The van der Waals surface area contributed by atoms with Crippen molar-refractivity contribution >= 4 is 17.3 Å². The Hall–Kier alpha value is -1.78. The molecule has 0 bridgehead atoms. The summed E-state index contributed by atoms with van der Waals surface area (Å²) in [6, 6.07) is 0.457. The molecule has 0 aliphatic heterocycles. The molecule has 3 rings (SSSR count). The van der Waals surface area contributed by atoms with E-state index in [-0.39, 0.29) is 0 Å². The zero-order valence-electron chi connectivity index (χ0n) is 10.8. The lowest BCUT2D eigenvalue weighted by atomic mass is 9.80. The quantitative estimate of drug-likeness (QED) is 0.868. The number of anilines is 2. The molecule has 1 atom stereocenters. The second-order valence-electron chi connectivity index (χ2n) is 5.01. The first-order valence-electron chi connectivity index (χ1n) is 6.56. The molecule has 0 aromatic carbocycles. The van der Waals surface area contributed by atoms with Crippen LogP contribution in [0.5, 0.6) is 0 Å². The molecule has 2 heterocycles. The molecule has 0 saturated heterocycles. The summed E-state index contributed by atoms with van der Waals surface area (Å²) in [6.45, 7) is 2.23. The first kappa shape index (κ1) is 11.3. The number of imidazole rings is 1. The van der Waals surface area contributed by atoms with E-state index >= 15 is 0 Å². The fourth-order valence-corrected chi connectivity index (χ4v) is 2.42. The predicted octanol–water partition coefficient (Wildman–Crippen LogP) is 2.37. The minimum Gasteiger partial charge on any atom is -0.372 e. The molecule has 1 unspecified atom stereocenters. The van der Waals surface area contributed by atoms with E-state index in [1.165, 1.54) is 19.3 Å². The van der Waals surface area contributed by atoms with Crippen molar-refractivity contribution in [2.75, 3.05) is 17.7 Å². The lowest BCUT2D eigenvalue weighted by Crippen LogP contribution is -2.31. The smallest absolute Gasteiger partial charge is 0.180 e. The van der Waals surface area contributed by atoms with Crippen LogP contribution < -0.4 is 10.6 Å². The molecule has 5 heteroatoms. The lowest BCUT2D eigenvalue weighted by Gasteiger charge is -2.32. The second kappa shape index (κ2) is 4.48. The first-order chi connectivity index (χ1) is 8.78. The Morgan fingerprint density at radius 2 is 2.28 bits per heavy atom. The van der Waals surface area contributed by atoms with Crippen molar-refractivity contribution in [1.82, 2.24) is 14.4 Å². The Bertz CT molecular complexity index is 543. The van der Waals surface area contributed by atoms with Gasteiger partial charge in [0.1, 0.15) is 5.82 Å². The van der Waals surface area contributed by atoms with Gasteiger partial charge in [0.25, 0.3) is 0 Å². The van der Waals surface area contributed by atoms with Gasteiger partial charge in [-0.15, -0.1) is 0 Å². The van der Waals surface area contributed by atoms with Gasteiger partial charge >= 0.3 is 0 Å². The topological polar surface area (TPSA) is 54.2 Å². The fourth-order valence-electron chi connectivity index (χ4n) is 2.42.